The molecule has 0 spiro atoms. The van der Waals surface area contributed by atoms with Gasteiger partial charge in [-0.05, 0) is 171 Å². The standard InChI is InChI=1S/C44H76O9P2/c1-13-49-43(41(11)31-19-29-39(9)27-17-25-37(7)23-15-21-35(3)4)33-51-55(48,53-54(45,46)47)52-34-44(50-14-2)42(12)32-20-30-40(10)28-18-26-38(8)24-16-22-36(5)6/h21-22,25-26,29-30H,13-20,23-24,27-28,31-34H2,1-12H3,(H2,45,46,47)/b37-25+,38-26+,39-29+,40-30+,43-41+,44-42+. The molecule has 0 aliphatic heterocycles. The van der Waals surface area contributed by atoms with Gasteiger partial charge in [0.05, 0.1) is 13.2 Å². The van der Waals surface area contributed by atoms with Crippen molar-refractivity contribution in [3.05, 3.63) is 92.6 Å². The summed E-state index contributed by atoms with van der Waals surface area (Å²) in [5.41, 5.74) is 9.84. The van der Waals surface area contributed by atoms with Gasteiger partial charge in [0.25, 0.3) is 0 Å². The molecule has 316 valence electrons. The number of allylic oxidation sites excluding steroid dienone is 14. The summed E-state index contributed by atoms with van der Waals surface area (Å²) in [6.07, 6.45) is 24.7. The molecule has 9 nitrogen and oxygen atoms in total. The second kappa shape index (κ2) is 29.9. The topological polar surface area (TPSA) is 121 Å². The first kappa shape index (κ1) is 52.8. The summed E-state index contributed by atoms with van der Waals surface area (Å²) >= 11 is 0. The smallest absolute Gasteiger partial charge is 0.484 e. The molecule has 0 fully saturated rings. The van der Waals surface area contributed by atoms with Gasteiger partial charge in [-0.15, -0.1) is 0 Å². The van der Waals surface area contributed by atoms with Crippen molar-refractivity contribution in [3.8, 4) is 0 Å². The number of phosphoric acid groups is 2. The van der Waals surface area contributed by atoms with Gasteiger partial charge in [0.1, 0.15) is 24.7 Å². The van der Waals surface area contributed by atoms with E-state index in [9.17, 15) is 18.9 Å². The van der Waals surface area contributed by atoms with Gasteiger partial charge in [0.2, 0.25) is 0 Å². The van der Waals surface area contributed by atoms with Gasteiger partial charge < -0.3 is 19.3 Å². The third-order valence-electron chi connectivity index (χ3n) is 8.77. The van der Waals surface area contributed by atoms with Crippen molar-refractivity contribution in [3.63, 3.8) is 0 Å². The molecular formula is C44H76O9P2. The molecule has 0 unspecified atom stereocenters. The Bertz CT molecular complexity index is 1380. The van der Waals surface area contributed by atoms with Gasteiger partial charge in [-0.3, -0.25) is 9.05 Å². The molecule has 0 aromatic rings. The first-order chi connectivity index (χ1) is 25.8. The van der Waals surface area contributed by atoms with Gasteiger partial charge >= 0.3 is 15.6 Å². The average Bonchev–Trinajstić information content (AvgIpc) is 3.07. The fraction of sp³-hybridized carbons (Fsp3) is 0.636. The Labute approximate surface area is 335 Å². The third-order valence-corrected chi connectivity index (χ3v) is 11.3. The van der Waals surface area contributed by atoms with E-state index in [1.807, 2.05) is 27.7 Å². The van der Waals surface area contributed by atoms with Crippen molar-refractivity contribution >= 4 is 15.6 Å². The lowest BCUT2D eigenvalue weighted by Crippen LogP contribution is -2.10. The van der Waals surface area contributed by atoms with Crippen LogP contribution in [0.1, 0.15) is 160 Å². The third kappa shape index (κ3) is 29.7. The maximum absolute atomic E-state index is 13.6. The van der Waals surface area contributed by atoms with Crippen LogP contribution in [-0.4, -0.2) is 36.2 Å². The van der Waals surface area contributed by atoms with Crippen LogP contribution in [-0.2, 0) is 32.0 Å². The molecule has 0 radical (unpaired) electrons. The molecule has 0 aromatic heterocycles. The molecule has 0 bridgehead atoms. The Kier molecular flexibility index (Phi) is 28.7. The Hall–Kier alpha value is -2.22. The van der Waals surface area contributed by atoms with Crippen molar-refractivity contribution in [2.75, 3.05) is 26.4 Å². The summed E-state index contributed by atoms with van der Waals surface area (Å²) in [6, 6.07) is 0. The van der Waals surface area contributed by atoms with E-state index in [2.05, 4.69) is 96.2 Å². The SMILES string of the molecule is CCO/C(COP(=O)(OC/C(OCC)=C(/C)CC/C=C(\C)CC/C=C(\C)CCC=C(C)C)OP(=O)(O)O)=C(\C)CC/C=C(\C)CC/C=C(\C)CCC=C(C)C. The predicted octanol–water partition coefficient (Wildman–Crippen LogP) is 14.3. The molecule has 0 aliphatic carbocycles. The summed E-state index contributed by atoms with van der Waals surface area (Å²) in [6.45, 7) is 24.5. The molecule has 2 N–H and O–H groups in total. The van der Waals surface area contributed by atoms with Crippen molar-refractivity contribution < 1.29 is 41.7 Å². The van der Waals surface area contributed by atoms with E-state index in [1.54, 1.807) is 0 Å². The normalized spacial score (nSPS) is 15.2. The number of hydrogen-bond acceptors (Lipinski definition) is 7. The monoisotopic (exact) mass is 810 g/mol. The second-order valence-electron chi connectivity index (χ2n) is 14.8. The zero-order valence-corrected chi connectivity index (χ0v) is 38.2. The van der Waals surface area contributed by atoms with Gasteiger partial charge in [-0.2, -0.15) is 4.31 Å². The van der Waals surface area contributed by atoms with Crippen LogP contribution in [0, 0.1) is 0 Å². The molecule has 0 rings (SSSR count). The molecule has 0 amide bonds. The lowest BCUT2D eigenvalue weighted by Gasteiger charge is -2.21. The average molecular weight is 811 g/mol. The van der Waals surface area contributed by atoms with Gasteiger partial charge in [0, 0.05) is 0 Å². The molecule has 0 aromatic carbocycles. The maximum atomic E-state index is 13.6. The van der Waals surface area contributed by atoms with Crippen LogP contribution in [0.15, 0.2) is 92.6 Å². The second-order valence-corrected chi connectivity index (χ2v) is 17.9. The zero-order chi connectivity index (χ0) is 41.9. The largest absolute Gasteiger partial charge is 0.496 e. The Morgan fingerprint density at radius 3 is 1.04 bits per heavy atom. The highest BCUT2D eigenvalue weighted by atomic mass is 31.3. The van der Waals surface area contributed by atoms with Crippen LogP contribution >= 0.6 is 15.6 Å². The number of phosphoric ester groups is 1. The van der Waals surface area contributed by atoms with Crippen LogP contribution < -0.4 is 0 Å². The van der Waals surface area contributed by atoms with Crippen LogP contribution in [0.4, 0.5) is 0 Å². The highest BCUT2D eigenvalue weighted by Gasteiger charge is 2.37. The van der Waals surface area contributed by atoms with E-state index in [0.29, 0.717) is 37.6 Å². The summed E-state index contributed by atoms with van der Waals surface area (Å²) < 4.78 is 52.7. The van der Waals surface area contributed by atoms with Gasteiger partial charge in [-0.1, -0.05) is 69.9 Å². The summed E-state index contributed by atoms with van der Waals surface area (Å²) in [5.74, 6) is 0.824. The molecule has 0 atom stereocenters. The number of hydrogen-bond donors (Lipinski definition) is 2. The summed E-state index contributed by atoms with van der Waals surface area (Å²) in [5, 5.41) is 0. The minimum Gasteiger partial charge on any atom is -0.496 e. The summed E-state index contributed by atoms with van der Waals surface area (Å²) in [7, 11) is -10.0. The predicted molar refractivity (Wildman–Crippen MR) is 231 cm³/mol. The van der Waals surface area contributed by atoms with E-state index in [0.717, 1.165) is 75.4 Å². The Morgan fingerprint density at radius 1 is 0.473 bits per heavy atom. The van der Waals surface area contributed by atoms with Crippen LogP contribution in [0.3, 0.4) is 0 Å². The fourth-order valence-corrected chi connectivity index (χ4v) is 7.49. The van der Waals surface area contributed by atoms with E-state index in [1.165, 1.54) is 33.4 Å². The van der Waals surface area contributed by atoms with Gasteiger partial charge in [0.15, 0.2) is 0 Å². The zero-order valence-electron chi connectivity index (χ0n) is 36.4. The fourth-order valence-electron chi connectivity index (χ4n) is 5.44. The van der Waals surface area contributed by atoms with Crippen LogP contribution in [0.25, 0.3) is 0 Å². The molecule has 0 aliphatic rings. The van der Waals surface area contributed by atoms with Gasteiger partial charge in [-0.25, -0.2) is 9.13 Å². The molecule has 0 saturated heterocycles. The lowest BCUT2D eigenvalue weighted by molar-refractivity contribution is 0.107. The highest BCUT2D eigenvalue weighted by molar-refractivity contribution is 7.61. The van der Waals surface area contributed by atoms with E-state index < -0.39 is 15.6 Å². The van der Waals surface area contributed by atoms with Crippen molar-refractivity contribution in [2.24, 2.45) is 0 Å². The van der Waals surface area contributed by atoms with E-state index >= 15 is 0 Å². The lowest BCUT2D eigenvalue weighted by atomic mass is 10.0. The molecule has 0 heterocycles. The first-order valence-electron chi connectivity index (χ1n) is 20.0. The van der Waals surface area contributed by atoms with Crippen molar-refractivity contribution in [2.45, 2.75) is 160 Å². The number of rotatable bonds is 30. The minimum absolute atomic E-state index is 0.325. The molecule has 55 heavy (non-hydrogen) atoms. The number of ether oxygens (including phenoxy) is 2. The molecular weight excluding hydrogens is 734 g/mol. The molecule has 11 heteroatoms. The highest BCUT2D eigenvalue weighted by Crippen LogP contribution is 2.61. The minimum atomic E-state index is -5.25. The first-order valence-corrected chi connectivity index (χ1v) is 23.0. The van der Waals surface area contributed by atoms with E-state index in [-0.39, 0.29) is 13.2 Å². The Balaban J connectivity index is 5.50. The van der Waals surface area contributed by atoms with Crippen molar-refractivity contribution in [1.82, 2.24) is 0 Å². The maximum Gasteiger partial charge on any atom is 0.484 e. The van der Waals surface area contributed by atoms with E-state index in [4.69, 9.17) is 18.5 Å². The summed E-state index contributed by atoms with van der Waals surface area (Å²) in [4.78, 5) is 19.2. The van der Waals surface area contributed by atoms with Crippen molar-refractivity contribution in [1.29, 1.82) is 0 Å². The van der Waals surface area contributed by atoms with Crippen LogP contribution in [0.2, 0.25) is 0 Å². The quantitative estimate of drug-likeness (QED) is 0.0415. The molecule has 0 saturated carbocycles. The van der Waals surface area contributed by atoms with Crippen LogP contribution in [0.5, 0.6) is 0 Å². The Morgan fingerprint density at radius 2 is 0.764 bits per heavy atom.